The van der Waals surface area contributed by atoms with Crippen LogP contribution in [0.1, 0.15) is 42.9 Å². The third kappa shape index (κ3) is 5.12. The number of carbonyl (C=O) groups excluding carboxylic acids is 2. The maximum Gasteiger partial charge on any atom is 0.493 e. The van der Waals surface area contributed by atoms with E-state index in [9.17, 15) is 33.0 Å². The summed E-state index contributed by atoms with van der Waals surface area (Å²) < 4.78 is 40.2. The summed E-state index contributed by atoms with van der Waals surface area (Å²) in [6.07, 6.45) is -8.01. The van der Waals surface area contributed by atoms with Crippen LogP contribution in [-0.2, 0) is 14.4 Å². The standard InChI is InChI=1S/C29H26ClF3N6O5/c1-2-21(40)39(44-27(43)29(31,32)33)20-11-19(23(41)24(20)42)38-13-35-22-25(36-28(30)37-26(22)38)34-12-18-16-9-5-3-7-14(16)15-8-4-6-10-17(15)18/h3-10,13,18-20,23-24,41-42H,2,11-12H2,1H3,(H,34,36,37)/t19-,20+,23+,24-/m1/s1. The zero-order valence-corrected chi connectivity index (χ0v) is 23.8. The Morgan fingerprint density at radius 1 is 1.07 bits per heavy atom. The van der Waals surface area contributed by atoms with E-state index in [1.807, 2.05) is 24.3 Å². The van der Waals surface area contributed by atoms with Gasteiger partial charge in [0, 0.05) is 18.9 Å². The number of alkyl halides is 3. The topological polar surface area (TPSA) is 143 Å². The maximum atomic E-state index is 12.9. The van der Waals surface area contributed by atoms with Gasteiger partial charge >= 0.3 is 12.1 Å². The molecule has 0 spiro atoms. The predicted octanol–water partition coefficient (Wildman–Crippen LogP) is 4.00. The molecule has 230 valence electrons. The Labute approximate surface area is 253 Å². The SMILES string of the molecule is CCC(=O)N(OC(=O)C(F)(F)F)[C@H]1C[C@@H](n2cnc3c(NCC4c5ccccc5-c5ccccc54)nc(Cl)nc32)[C@H](O)[C@@H]1O. The van der Waals surface area contributed by atoms with Crippen LogP contribution >= 0.6 is 11.6 Å². The van der Waals surface area contributed by atoms with E-state index in [1.165, 1.54) is 17.8 Å². The third-order valence-electron chi connectivity index (χ3n) is 8.07. The average molecular weight is 631 g/mol. The minimum absolute atomic E-state index is 0.00216. The predicted molar refractivity (Wildman–Crippen MR) is 151 cm³/mol. The van der Waals surface area contributed by atoms with Crippen molar-refractivity contribution in [3.05, 3.63) is 71.3 Å². The largest absolute Gasteiger partial charge is 0.493 e. The summed E-state index contributed by atoms with van der Waals surface area (Å²) in [5.41, 5.74) is 5.06. The minimum atomic E-state index is -5.38. The van der Waals surface area contributed by atoms with Gasteiger partial charge in [-0.05, 0) is 40.3 Å². The Hall–Kier alpha value is -4.27. The summed E-state index contributed by atoms with van der Waals surface area (Å²) in [6.45, 7) is 1.79. The van der Waals surface area contributed by atoms with E-state index in [2.05, 4.69) is 49.4 Å². The van der Waals surface area contributed by atoms with Crippen molar-refractivity contribution in [1.29, 1.82) is 0 Å². The first-order valence-corrected chi connectivity index (χ1v) is 14.2. The van der Waals surface area contributed by atoms with E-state index in [0.717, 1.165) is 22.3 Å². The number of nitrogens with zero attached hydrogens (tertiary/aromatic N) is 5. The number of aliphatic hydroxyl groups excluding tert-OH is 2. The van der Waals surface area contributed by atoms with Gasteiger partial charge in [-0.1, -0.05) is 55.5 Å². The zero-order valence-electron chi connectivity index (χ0n) is 23.1. The lowest BCUT2D eigenvalue weighted by molar-refractivity contribution is -0.248. The van der Waals surface area contributed by atoms with Crippen LogP contribution in [0, 0.1) is 0 Å². The number of fused-ring (bicyclic) bond motifs is 4. The van der Waals surface area contributed by atoms with Crippen molar-refractivity contribution in [1.82, 2.24) is 24.6 Å². The first kappa shape index (κ1) is 29.8. The van der Waals surface area contributed by atoms with Crippen molar-refractivity contribution in [2.24, 2.45) is 0 Å². The van der Waals surface area contributed by atoms with Crippen LogP contribution in [0.5, 0.6) is 0 Å². The van der Waals surface area contributed by atoms with Crippen LogP contribution in [0.4, 0.5) is 19.0 Å². The van der Waals surface area contributed by atoms with Crippen molar-refractivity contribution in [2.75, 3.05) is 11.9 Å². The zero-order chi connectivity index (χ0) is 31.3. The summed E-state index contributed by atoms with van der Waals surface area (Å²) in [5.74, 6) is -3.29. The number of halogens is 4. The van der Waals surface area contributed by atoms with Crippen LogP contribution in [-0.4, -0.2) is 77.6 Å². The van der Waals surface area contributed by atoms with E-state index >= 15 is 0 Å². The molecule has 1 fully saturated rings. The summed E-state index contributed by atoms with van der Waals surface area (Å²) >= 11 is 6.29. The van der Waals surface area contributed by atoms with Gasteiger partial charge in [-0.15, -0.1) is 0 Å². The second kappa shape index (κ2) is 11.3. The molecule has 0 bridgehead atoms. The Balaban J connectivity index is 1.28. The fourth-order valence-electron chi connectivity index (χ4n) is 6.03. The molecule has 2 aromatic carbocycles. The van der Waals surface area contributed by atoms with Gasteiger partial charge in [-0.25, -0.2) is 9.78 Å². The molecule has 6 rings (SSSR count). The third-order valence-corrected chi connectivity index (χ3v) is 8.24. The molecule has 3 N–H and O–H groups in total. The molecule has 11 nitrogen and oxygen atoms in total. The fourth-order valence-corrected chi connectivity index (χ4v) is 6.19. The van der Waals surface area contributed by atoms with Crippen molar-refractivity contribution in [3.8, 4) is 11.1 Å². The summed E-state index contributed by atoms with van der Waals surface area (Å²) in [5, 5.41) is 25.1. The second-order valence-electron chi connectivity index (χ2n) is 10.6. The molecular weight excluding hydrogens is 605 g/mol. The summed E-state index contributed by atoms with van der Waals surface area (Å²) in [4.78, 5) is 41.4. The van der Waals surface area contributed by atoms with Crippen LogP contribution in [0.2, 0.25) is 5.28 Å². The van der Waals surface area contributed by atoms with E-state index in [4.69, 9.17) is 11.6 Å². The molecule has 1 amide bonds. The molecule has 2 aliphatic rings. The van der Waals surface area contributed by atoms with Gasteiger partial charge in [0.25, 0.3) is 5.91 Å². The van der Waals surface area contributed by atoms with Crippen LogP contribution in [0.3, 0.4) is 0 Å². The Bertz CT molecular complexity index is 1700. The van der Waals surface area contributed by atoms with E-state index < -0.39 is 42.3 Å². The van der Waals surface area contributed by atoms with E-state index in [0.29, 0.717) is 17.9 Å². The number of aliphatic hydroxyl groups is 2. The minimum Gasteiger partial charge on any atom is -0.388 e. The van der Waals surface area contributed by atoms with Gasteiger partial charge in [0.15, 0.2) is 17.0 Å². The van der Waals surface area contributed by atoms with Crippen LogP contribution in [0.25, 0.3) is 22.3 Å². The van der Waals surface area contributed by atoms with Crippen LogP contribution in [0.15, 0.2) is 54.9 Å². The Morgan fingerprint density at radius 3 is 2.32 bits per heavy atom. The van der Waals surface area contributed by atoms with Crippen molar-refractivity contribution >= 4 is 40.5 Å². The molecule has 1 saturated carbocycles. The van der Waals surface area contributed by atoms with Gasteiger partial charge in [0.05, 0.1) is 12.4 Å². The molecule has 2 heterocycles. The number of anilines is 1. The number of imidazole rings is 1. The number of rotatable bonds is 6. The number of hydroxylamine groups is 2. The number of carbonyl (C=O) groups is 2. The Kier molecular flexibility index (Phi) is 7.68. The molecule has 2 aromatic heterocycles. The molecule has 2 aliphatic carbocycles. The molecule has 0 unspecified atom stereocenters. The smallest absolute Gasteiger partial charge is 0.388 e. The van der Waals surface area contributed by atoms with Gasteiger partial charge in [0.2, 0.25) is 5.28 Å². The lowest BCUT2D eigenvalue weighted by atomic mass is 9.97. The highest BCUT2D eigenvalue weighted by molar-refractivity contribution is 6.28. The van der Waals surface area contributed by atoms with E-state index in [1.54, 1.807) is 0 Å². The summed E-state index contributed by atoms with van der Waals surface area (Å²) in [6, 6.07) is 13.7. The lowest BCUT2D eigenvalue weighted by Gasteiger charge is -2.29. The molecule has 44 heavy (non-hydrogen) atoms. The molecule has 0 aliphatic heterocycles. The molecule has 0 radical (unpaired) electrons. The number of hydrogen-bond acceptors (Lipinski definition) is 9. The van der Waals surface area contributed by atoms with Crippen molar-refractivity contribution in [2.45, 2.75) is 56.2 Å². The van der Waals surface area contributed by atoms with Gasteiger partial charge < -0.3 is 24.9 Å². The number of aromatic nitrogens is 4. The molecule has 4 aromatic rings. The molecule has 4 atom stereocenters. The molecular formula is C29H26ClF3N6O5. The van der Waals surface area contributed by atoms with E-state index in [-0.39, 0.29) is 34.8 Å². The maximum absolute atomic E-state index is 12.9. The number of benzene rings is 2. The van der Waals surface area contributed by atoms with Crippen LogP contribution < -0.4 is 5.32 Å². The molecule has 15 heteroatoms. The summed E-state index contributed by atoms with van der Waals surface area (Å²) in [7, 11) is 0. The fraction of sp³-hybridized carbons (Fsp3) is 0.345. The lowest BCUT2D eigenvalue weighted by Crippen LogP contribution is -2.49. The molecule has 0 saturated heterocycles. The monoisotopic (exact) mass is 630 g/mol. The Morgan fingerprint density at radius 2 is 1.70 bits per heavy atom. The number of amides is 1. The first-order chi connectivity index (χ1) is 21.0. The number of hydrogen-bond donors (Lipinski definition) is 3. The highest BCUT2D eigenvalue weighted by Gasteiger charge is 2.51. The highest BCUT2D eigenvalue weighted by atomic mass is 35.5. The second-order valence-corrected chi connectivity index (χ2v) is 10.9. The average Bonchev–Trinajstić information content (AvgIpc) is 3.65. The van der Waals surface area contributed by atoms with Gasteiger partial charge in [0.1, 0.15) is 18.2 Å². The quantitative estimate of drug-likeness (QED) is 0.213. The highest BCUT2D eigenvalue weighted by Crippen LogP contribution is 2.45. The number of nitrogens with one attached hydrogen (secondary N) is 1. The van der Waals surface area contributed by atoms with Crippen molar-refractivity contribution in [3.63, 3.8) is 0 Å². The van der Waals surface area contributed by atoms with Crippen molar-refractivity contribution < 1.29 is 37.8 Å². The first-order valence-electron chi connectivity index (χ1n) is 13.8. The van der Waals surface area contributed by atoms with Gasteiger partial charge in [-0.3, -0.25) is 4.79 Å². The normalized spacial score (nSPS) is 21.2. The van der Waals surface area contributed by atoms with Gasteiger partial charge in [-0.2, -0.15) is 28.2 Å².